The van der Waals surface area contributed by atoms with Gasteiger partial charge in [0.25, 0.3) is 0 Å². The number of benzene rings is 2. The van der Waals surface area contributed by atoms with Gasteiger partial charge in [-0.05, 0) is 42.8 Å². The maximum absolute atomic E-state index is 13.5. The molecule has 0 atom stereocenters. The molecule has 2 aromatic heterocycles. The van der Waals surface area contributed by atoms with Crippen molar-refractivity contribution in [3.8, 4) is 11.1 Å². The highest BCUT2D eigenvalue weighted by Crippen LogP contribution is 2.43. The lowest BCUT2D eigenvalue weighted by molar-refractivity contribution is -0.136. The summed E-state index contributed by atoms with van der Waals surface area (Å²) in [4.78, 5) is 10.2. The summed E-state index contributed by atoms with van der Waals surface area (Å²) in [6, 6.07) is 11.3. The minimum atomic E-state index is -4.56. The van der Waals surface area contributed by atoms with Crippen LogP contribution in [0.4, 0.5) is 24.7 Å². The molecule has 0 spiro atoms. The highest BCUT2D eigenvalue weighted by Gasteiger charge is 2.34. The van der Waals surface area contributed by atoms with Gasteiger partial charge in [0.15, 0.2) is 0 Å². The third kappa shape index (κ3) is 3.97. The molecule has 3 nitrogen and oxygen atoms in total. The number of nitrogens with zero attached hydrogens (tertiary/aromatic N) is 2. The predicted molar refractivity (Wildman–Crippen MR) is 115 cm³/mol. The summed E-state index contributed by atoms with van der Waals surface area (Å²) >= 11 is 10.7. The molecule has 4 rings (SSSR count). The summed E-state index contributed by atoms with van der Waals surface area (Å²) < 4.78 is 41.4. The lowest BCUT2D eigenvalue weighted by atomic mass is 10.0. The molecular weight excluding hydrogens is 487 g/mol. The van der Waals surface area contributed by atoms with E-state index in [4.69, 9.17) is 11.6 Å². The minimum Gasteiger partial charge on any atom is -0.339 e. The normalized spacial score (nSPS) is 11.8. The van der Waals surface area contributed by atoms with Crippen molar-refractivity contribution in [2.45, 2.75) is 13.1 Å². The molecule has 0 aliphatic rings. The molecular formula is C20H12BrClF3N3S. The highest BCUT2D eigenvalue weighted by molar-refractivity contribution is 9.10. The summed E-state index contributed by atoms with van der Waals surface area (Å²) in [6.07, 6.45) is -3.21. The fraction of sp³-hybridized carbons (Fsp3) is 0.100. The Balaban J connectivity index is 1.89. The van der Waals surface area contributed by atoms with Crippen LogP contribution < -0.4 is 5.32 Å². The van der Waals surface area contributed by atoms with Crippen LogP contribution in [0, 0.1) is 6.92 Å². The standard InChI is InChI=1S/C20H12BrClF3N3S/c1-10-16(11-2-4-12(21)5-3-11)17-18(26-9-27-19(17)29-10)28-15-7-6-13(22)8-14(15)20(23,24)25/h2-9H,1H3,(H,26,27,28). The number of hydrogen-bond donors (Lipinski definition) is 1. The van der Waals surface area contributed by atoms with Crippen molar-refractivity contribution < 1.29 is 13.2 Å². The van der Waals surface area contributed by atoms with Gasteiger partial charge in [0.2, 0.25) is 0 Å². The second-order valence-corrected chi connectivity index (χ2v) is 8.81. The molecule has 9 heteroatoms. The van der Waals surface area contributed by atoms with E-state index in [1.165, 1.54) is 29.8 Å². The third-order valence-electron chi connectivity index (χ3n) is 4.34. The topological polar surface area (TPSA) is 37.8 Å². The molecule has 0 bridgehead atoms. The first kappa shape index (κ1) is 20.1. The van der Waals surface area contributed by atoms with Gasteiger partial charge in [-0.2, -0.15) is 13.2 Å². The largest absolute Gasteiger partial charge is 0.418 e. The molecule has 0 unspecified atom stereocenters. The van der Waals surface area contributed by atoms with Crippen molar-refractivity contribution >= 4 is 60.6 Å². The summed E-state index contributed by atoms with van der Waals surface area (Å²) in [5, 5.41) is 3.54. The van der Waals surface area contributed by atoms with Crippen LogP contribution in [-0.2, 0) is 6.18 Å². The highest BCUT2D eigenvalue weighted by atomic mass is 79.9. The van der Waals surface area contributed by atoms with Crippen LogP contribution in [-0.4, -0.2) is 9.97 Å². The smallest absolute Gasteiger partial charge is 0.339 e. The summed E-state index contributed by atoms with van der Waals surface area (Å²) in [5.41, 5.74) is 0.853. The number of aromatic nitrogens is 2. The van der Waals surface area contributed by atoms with Crippen LogP contribution in [0.15, 0.2) is 53.3 Å². The molecule has 1 N–H and O–H groups in total. The molecule has 0 amide bonds. The van der Waals surface area contributed by atoms with Crippen LogP contribution >= 0.6 is 38.9 Å². The maximum atomic E-state index is 13.5. The maximum Gasteiger partial charge on any atom is 0.418 e. The quantitative estimate of drug-likeness (QED) is 0.313. The van der Waals surface area contributed by atoms with Gasteiger partial charge in [-0.3, -0.25) is 0 Å². The molecule has 2 heterocycles. The van der Waals surface area contributed by atoms with Crippen LogP contribution in [0.5, 0.6) is 0 Å². The van der Waals surface area contributed by atoms with E-state index in [1.54, 1.807) is 0 Å². The van der Waals surface area contributed by atoms with Crippen molar-refractivity contribution in [1.82, 2.24) is 9.97 Å². The molecule has 2 aromatic carbocycles. The molecule has 0 saturated heterocycles. The number of anilines is 2. The summed E-state index contributed by atoms with van der Waals surface area (Å²) in [6.45, 7) is 1.96. The number of aryl methyl sites for hydroxylation is 1. The average Bonchev–Trinajstić information content (AvgIpc) is 3.00. The van der Waals surface area contributed by atoms with E-state index >= 15 is 0 Å². The van der Waals surface area contributed by atoms with E-state index in [2.05, 4.69) is 31.2 Å². The van der Waals surface area contributed by atoms with Gasteiger partial charge in [0.05, 0.1) is 16.6 Å². The van der Waals surface area contributed by atoms with E-state index in [0.717, 1.165) is 26.5 Å². The Labute approximate surface area is 181 Å². The Morgan fingerprint density at radius 1 is 1.07 bits per heavy atom. The fourth-order valence-electron chi connectivity index (χ4n) is 3.09. The molecule has 0 aliphatic carbocycles. The number of fused-ring (bicyclic) bond motifs is 1. The molecule has 0 saturated carbocycles. The van der Waals surface area contributed by atoms with Crippen LogP contribution in [0.3, 0.4) is 0 Å². The molecule has 29 heavy (non-hydrogen) atoms. The second kappa shape index (κ2) is 7.59. The van der Waals surface area contributed by atoms with Gasteiger partial charge in [0, 0.05) is 19.9 Å². The van der Waals surface area contributed by atoms with Gasteiger partial charge < -0.3 is 5.32 Å². The van der Waals surface area contributed by atoms with Gasteiger partial charge in [-0.25, -0.2) is 9.97 Å². The van der Waals surface area contributed by atoms with Gasteiger partial charge in [-0.1, -0.05) is 39.7 Å². The first-order valence-electron chi connectivity index (χ1n) is 8.38. The van der Waals surface area contributed by atoms with Gasteiger partial charge in [-0.15, -0.1) is 11.3 Å². The molecule has 0 fully saturated rings. The van der Waals surface area contributed by atoms with Crippen LogP contribution in [0.25, 0.3) is 21.3 Å². The van der Waals surface area contributed by atoms with Crippen molar-refractivity contribution in [3.63, 3.8) is 0 Å². The zero-order valence-corrected chi connectivity index (χ0v) is 18.0. The second-order valence-electron chi connectivity index (χ2n) is 6.26. The third-order valence-corrected chi connectivity index (χ3v) is 6.11. The molecule has 0 aliphatic heterocycles. The van der Waals surface area contributed by atoms with Crippen molar-refractivity contribution in [2.24, 2.45) is 0 Å². The van der Waals surface area contributed by atoms with Gasteiger partial charge >= 0.3 is 6.18 Å². The van der Waals surface area contributed by atoms with E-state index in [9.17, 15) is 13.2 Å². The Kier molecular flexibility index (Phi) is 5.27. The zero-order valence-electron chi connectivity index (χ0n) is 14.8. The number of nitrogens with one attached hydrogen (secondary N) is 1. The van der Waals surface area contributed by atoms with Crippen molar-refractivity contribution in [1.29, 1.82) is 0 Å². The van der Waals surface area contributed by atoms with Gasteiger partial charge in [0.1, 0.15) is 17.0 Å². The Morgan fingerprint density at radius 3 is 2.48 bits per heavy atom. The predicted octanol–water partition coefficient (Wildman–Crippen LogP) is 7.85. The number of rotatable bonds is 3. The van der Waals surface area contributed by atoms with Crippen LogP contribution in [0.2, 0.25) is 5.02 Å². The molecule has 4 aromatic rings. The van der Waals surface area contributed by atoms with E-state index < -0.39 is 11.7 Å². The minimum absolute atomic E-state index is 0.0117. The van der Waals surface area contributed by atoms with E-state index in [0.29, 0.717) is 16.0 Å². The van der Waals surface area contributed by atoms with E-state index in [-0.39, 0.29) is 10.7 Å². The summed E-state index contributed by atoms with van der Waals surface area (Å²) in [7, 11) is 0. The average molecular weight is 499 g/mol. The Morgan fingerprint density at radius 2 is 1.79 bits per heavy atom. The lowest BCUT2D eigenvalue weighted by Crippen LogP contribution is -2.09. The number of hydrogen-bond acceptors (Lipinski definition) is 4. The van der Waals surface area contributed by atoms with Crippen LogP contribution in [0.1, 0.15) is 10.4 Å². The van der Waals surface area contributed by atoms with Crippen molar-refractivity contribution in [3.05, 3.63) is 68.7 Å². The zero-order chi connectivity index (χ0) is 20.8. The van der Waals surface area contributed by atoms with Crippen molar-refractivity contribution in [2.75, 3.05) is 5.32 Å². The lowest BCUT2D eigenvalue weighted by Gasteiger charge is -2.15. The fourth-order valence-corrected chi connectivity index (χ4v) is 4.54. The summed E-state index contributed by atoms with van der Waals surface area (Å²) in [5.74, 6) is 0.310. The number of halogens is 5. The Bertz CT molecular complexity index is 1210. The molecule has 148 valence electrons. The molecule has 0 radical (unpaired) electrons. The number of alkyl halides is 3. The SMILES string of the molecule is Cc1sc2ncnc(Nc3ccc(Cl)cc3C(F)(F)F)c2c1-c1ccc(Br)cc1. The van der Waals surface area contributed by atoms with E-state index in [1.807, 2.05) is 31.2 Å². The first-order valence-corrected chi connectivity index (χ1v) is 10.4. The number of thiophene rings is 1. The Hall–Kier alpha value is -2.16. The first-order chi connectivity index (χ1) is 13.7. The monoisotopic (exact) mass is 497 g/mol.